The van der Waals surface area contributed by atoms with Crippen molar-refractivity contribution in [3.63, 3.8) is 0 Å². The molecule has 0 spiro atoms. The Hall–Kier alpha value is -8.10. The van der Waals surface area contributed by atoms with Crippen molar-refractivity contribution in [1.29, 1.82) is 0 Å². The Balaban J connectivity index is 0.000000419. The Morgan fingerprint density at radius 3 is 1.64 bits per heavy atom. The summed E-state index contributed by atoms with van der Waals surface area (Å²) in [4.78, 5) is 2.31. The Bertz CT molecular complexity index is 3770. The molecule has 0 aliphatic carbocycles. The van der Waals surface area contributed by atoms with Gasteiger partial charge in [0, 0.05) is 76.9 Å². The van der Waals surface area contributed by atoms with Gasteiger partial charge in [-0.25, -0.2) is 8.42 Å². The van der Waals surface area contributed by atoms with E-state index in [4.69, 9.17) is 6.42 Å². The molecule has 5 nitrogen and oxygen atoms in total. The Kier molecular flexibility index (Phi) is 23.7. The van der Waals surface area contributed by atoms with Gasteiger partial charge in [-0.1, -0.05) is 118 Å². The number of anilines is 1. The first-order chi connectivity index (χ1) is 35.4. The summed E-state index contributed by atoms with van der Waals surface area (Å²) in [5.74, 6) is 51.6. The summed E-state index contributed by atoms with van der Waals surface area (Å²) in [5, 5.41) is 5.05. The predicted molar refractivity (Wildman–Crippen MR) is 302 cm³/mol. The largest absolute Gasteiger partial charge is 1.00 e. The molecule has 4 aromatic rings. The fourth-order valence-corrected chi connectivity index (χ4v) is 9.29. The number of nitrogens with zero attached hydrogens (tertiary/aromatic N) is 2. The van der Waals surface area contributed by atoms with E-state index in [1.54, 1.807) is 6.92 Å². The molecular weight excluding hydrogens is 936 g/mol. The molecule has 2 aliphatic rings. The van der Waals surface area contributed by atoms with E-state index in [2.05, 4.69) is 284 Å². The minimum atomic E-state index is -4.23. The van der Waals surface area contributed by atoms with Crippen molar-refractivity contribution in [2.24, 2.45) is 0 Å². The maximum absolute atomic E-state index is 11.3. The first kappa shape index (κ1) is 58.5. The Labute approximate surface area is 463 Å². The normalized spacial score (nSPS) is 13.2. The Morgan fingerprint density at radius 1 is 0.595 bits per heavy atom. The van der Waals surface area contributed by atoms with Crippen molar-refractivity contribution >= 4 is 48.7 Å². The quantitative estimate of drug-likeness (QED) is 0.0342. The molecule has 6 rings (SSSR count). The van der Waals surface area contributed by atoms with Crippen molar-refractivity contribution < 1.29 is 47.1 Å². The van der Waals surface area contributed by atoms with Crippen LogP contribution in [0.5, 0.6) is 0 Å². The van der Waals surface area contributed by atoms with Gasteiger partial charge >= 0.3 is 29.6 Å². The molecule has 0 saturated carbocycles. The molecule has 0 atom stereocenters. The Morgan fingerprint density at radius 2 is 1.09 bits per heavy atom. The summed E-state index contributed by atoms with van der Waals surface area (Å²) in [6, 6.07) is 26.1. The van der Waals surface area contributed by atoms with Crippen molar-refractivity contribution in [1.82, 2.24) is 0 Å². The zero-order valence-electron chi connectivity index (χ0n) is 43.2. The summed E-state index contributed by atoms with van der Waals surface area (Å²) in [6.45, 7) is 14.8. The van der Waals surface area contributed by atoms with Crippen molar-refractivity contribution in [2.45, 2.75) is 84.5 Å². The van der Waals surface area contributed by atoms with E-state index in [9.17, 15) is 13.0 Å². The zero-order chi connectivity index (χ0) is 52.4. The molecule has 0 saturated heterocycles. The number of allylic oxidation sites excluding steroid dienone is 8. The molecular formula is C67H54N2NaO3S+. The number of fused-ring (bicyclic) bond motifs is 6. The van der Waals surface area contributed by atoms with Crippen LogP contribution in [-0.2, 0) is 20.9 Å². The maximum Gasteiger partial charge on any atom is 1.00 e. The van der Waals surface area contributed by atoms with Gasteiger partial charge in [-0.15, -0.1) is 6.42 Å². The third-order valence-electron chi connectivity index (χ3n) is 11.8. The summed E-state index contributed by atoms with van der Waals surface area (Å²) >= 11 is 0. The van der Waals surface area contributed by atoms with Gasteiger partial charge in [-0.2, -0.15) is 4.58 Å². The molecule has 0 aromatic heterocycles. The summed E-state index contributed by atoms with van der Waals surface area (Å²) in [7, 11) is -4.23. The second kappa shape index (κ2) is 30.1. The molecule has 7 heteroatoms. The molecule has 0 unspecified atom stereocenters. The van der Waals surface area contributed by atoms with E-state index in [0.717, 1.165) is 24.4 Å². The van der Waals surface area contributed by atoms with Crippen LogP contribution in [0.3, 0.4) is 0 Å². The number of terminal acetylenes is 1. The van der Waals surface area contributed by atoms with Crippen molar-refractivity contribution in [3.8, 4) is 131 Å². The number of unbranched alkanes of at least 4 members (excludes halogenated alkanes) is 3. The SMILES string of the molecule is C#CC#CC#CC#CC#CC#CC#CC#CC#CC#CC#CC.CCCCC[N+]1=C(C=CC=CC=CC=C2N(CCCCS(=O)(=O)[O-])c3ccc4ccccc4c3C2(C)C)C(C)(C)c2c1ccc1ccccc21.[Na+]. The van der Waals surface area contributed by atoms with Gasteiger partial charge in [0.05, 0.1) is 15.5 Å². The number of hydrogen-bond donors (Lipinski definition) is 0. The average Bonchev–Trinajstić information content (AvgIpc) is 3.73. The topological polar surface area (TPSA) is 63.5 Å². The first-order valence-electron chi connectivity index (χ1n) is 23.9. The third kappa shape index (κ3) is 16.7. The molecule has 4 aromatic carbocycles. The predicted octanol–water partition coefficient (Wildman–Crippen LogP) is 7.91. The van der Waals surface area contributed by atoms with Crippen LogP contribution in [0.25, 0.3) is 21.5 Å². The molecule has 74 heavy (non-hydrogen) atoms. The number of benzene rings is 4. The molecule has 356 valence electrons. The van der Waals surface area contributed by atoms with Gasteiger partial charge < -0.3 is 9.45 Å². The second-order valence-electron chi connectivity index (χ2n) is 17.4. The number of hydrogen-bond acceptors (Lipinski definition) is 4. The zero-order valence-corrected chi connectivity index (χ0v) is 46.0. The fraction of sp³-hybridized carbons (Fsp3) is 0.239. The van der Waals surface area contributed by atoms with Crippen LogP contribution < -0.4 is 34.5 Å². The molecule has 0 amide bonds. The third-order valence-corrected chi connectivity index (χ3v) is 12.6. The minimum absolute atomic E-state index is 0. The standard InChI is InChI=1S/C44H50N2O3S.C23H4.Na/c1-6-7-17-30-45-37-28-26-33-20-13-15-22-35(33)41(37)43(2,3)39(45)24-11-9-8-10-12-25-40-44(4,5)42-36-23-16-14-21-34(36)27-29-38(42)46(40)31-18-19-32-50(47,48)49;1-3-5-7-9-11-13-15-17-19-21-23-22-20-18-16-14-12-10-8-6-4-2;/h8-16,20-29H,6-7,17-19,30-32H2,1-5H3;1H,2H3;/q;;+1. The van der Waals surface area contributed by atoms with Gasteiger partial charge in [0.2, 0.25) is 5.69 Å². The summed E-state index contributed by atoms with van der Waals surface area (Å²) < 4.78 is 36.3. The fourth-order valence-electron chi connectivity index (χ4n) is 8.74. The summed E-state index contributed by atoms with van der Waals surface area (Å²) in [6.07, 6.45) is 24.4. The van der Waals surface area contributed by atoms with Gasteiger partial charge in [0.25, 0.3) is 0 Å². The van der Waals surface area contributed by atoms with Crippen LogP contribution in [0.4, 0.5) is 11.4 Å². The van der Waals surface area contributed by atoms with Crippen LogP contribution in [0.2, 0.25) is 0 Å². The van der Waals surface area contributed by atoms with E-state index in [1.807, 2.05) is 0 Å². The second-order valence-corrected chi connectivity index (χ2v) is 18.9. The molecule has 0 bridgehead atoms. The van der Waals surface area contributed by atoms with Crippen LogP contribution in [-0.4, -0.2) is 42.1 Å². The van der Waals surface area contributed by atoms with Gasteiger partial charge in [0.1, 0.15) is 6.54 Å². The smallest absolute Gasteiger partial charge is 0.748 e. The van der Waals surface area contributed by atoms with Gasteiger partial charge in [-0.3, -0.25) is 0 Å². The van der Waals surface area contributed by atoms with Crippen LogP contribution >= 0.6 is 0 Å². The van der Waals surface area contributed by atoms with E-state index < -0.39 is 10.1 Å². The van der Waals surface area contributed by atoms with E-state index in [-0.39, 0.29) is 46.1 Å². The first-order valence-corrected chi connectivity index (χ1v) is 25.4. The van der Waals surface area contributed by atoms with Gasteiger partial charge in [0.15, 0.2) is 5.71 Å². The molecule has 2 aliphatic heterocycles. The average molecular weight is 990 g/mol. The maximum atomic E-state index is 11.3. The molecule has 0 fully saturated rings. The summed E-state index contributed by atoms with van der Waals surface area (Å²) in [5.41, 5.74) is 7.26. The number of rotatable bonds is 13. The molecule has 0 radical (unpaired) electrons. The van der Waals surface area contributed by atoms with E-state index >= 15 is 0 Å². The molecule has 2 heterocycles. The van der Waals surface area contributed by atoms with Crippen LogP contribution in [0.1, 0.15) is 84.8 Å². The molecule has 0 N–H and O–H groups in total. The van der Waals surface area contributed by atoms with E-state index in [1.165, 1.54) is 56.9 Å². The van der Waals surface area contributed by atoms with E-state index in [0.29, 0.717) is 19.4 Å². The van der Waals surface area contributed by atoms with Crippen LogP contribution in [0.15, 0.2) is 121 Å². The van der Waals surface area contributed by atoms with Crippen LogP contribution in [0, 0.1) is 131 Å². The monoisotopic (exact) mass is 989 g/mol. The van der Waals surface area contributed by atoms with Crippen molar-refractivity contribution in [2.75, 3.05) is 23.7 Å². The minimum Gasteiger partial charge on any atom is -0.748 e. The van der Waals surface area contributed by atoms with Gasteiger partial charge in [-0.05, 0) is 180 Å². The van der Waals surface area contributed by atoms with Crippen molar-refractivity contribution in [3.05, 3.63) is 132 Å².